The number of aromatic nitrogens is 1. The van der Waals surface area contributed by atoms with Crippen molar-refractivity contribution in [3.05, 3.63) is 83.0 Å². The largest absolute Gasteiger partial charge is 0.493 e. The summed E-state index contributed by atoms with van der Waals surface area (Å²) in [5.74, 6) is 0.410. The van der Waals surface area contributed by atoms with E-state index in [0.717, 1.165) is 30.9 Å². The van der Waals surface area contributed by atoms with E-state index in [2.05, 4.69) is 38.1 Å². The number of methoxy groups -OCH3 is 1. The number of rotatable bonds is 7. The summed E-state index contributed by atoms with van der Waals surface area (Å²) in [6.07, 6.45) is 2.71. The topological polar surface area (TPSA) is 63.7 Å². The predicted molar refractivity (Wildman–Crippen MR) is 116 cm³/mol. The Morgan fingerprint density at radius 2 is 1.94 bits per heavy atom. The molecule has 0 saturated carbocycles. The van der Waals surface area contributed by atoms with Gasteiger partial charge in [0.05, 0.1) is 7.11 Å². The Morgan fingerprint density at radius 1 is 1.12 bits per heavy atom. The number of anilines is 1. The van der Waals surface area contributed by atoms with E-state index in [4.69, 9.17) is 4.74 Å². The van der Waals surface area contributed by atoms with Crippen molar-refractivity contribution in [2.45, 2.75) is 26.1 Å². The molecule has 8 heteroatoms. The summed E-state index contributed by atoms with van der Waals surface area (Å²) < 4.78 is 34.6. The molecule has 0 atom stereocenters. The van der Waals surface area contributed by atoms with Gasteiger partial charge in [-0.05, 0) is 47.4 Å². The maximum absolute atomic E-state index is 12.6. The van der Waals surface area contributed by atoms with Gasteiger partial charge in [-0.25, -0.2) is 4.98 Å². The summed E-state index contributed by atoms with van der Waals surface area (Å²) in [5, 5.41) is 2.77. The molecule has 0 radical (unpaired) electrons. The highest BCUT2D eigenvalue weighted by molar-refractivity contribution is 5.94. The fourth-order valence-corrected chi connectivity index (χ4v) is 3.69. The third kappa shape index (κ3) is 4.96. The van der Waals surface area contributed by atoms with Gasteiger partial charge in [0, 0.05) is 31.4 Å². The van der Waals surface area contributed by atoms with Crippen molar-refractivity contribution in [1.29, 1.82) is 0 Å². The standard InChI is InChI=1S/C24H23F2N3O3/c1-31-20-8-7-18(12-21(20)32-24(25)26)23(30)28-14-16-6-9-22(27-13-16)29-11-10-17-4-2-3-5-19(17)15-29/h2-9,12-13,24H,10-11,14-15H2,1H3,(H,28,30). The Bertz CT molecular complexity index is 1090. The second kappa shape index (κ2) is 9.64. The SMILES string of the molecule is COc1ccc(C(=O)NCc2ccc(N3CCc4ccccc4C3)nc2)cc1OC(F)F. The highest BCUT2D eigenvalue weighted by Gasteiger charge is 2.17. The number of nitrogens with one attached hydrogen (secondary N) is 1. The molecule has 0 unspecified atom stereocenters. The lowest BCUT2D eigenvalue weighted by atomic mass is 10.00. The van der Waals surface area contributed by atoms with Crippen LogP contribution in [-0.2, 0) is 19.5 Å². The number of amides is 1. The highest BCUT2D eigenvalue weighted by atomic mass is 19.3. The second-order valence-corrected chi connectivity index (χ2v) is 7.39. The van der Waals surface area contributed by atoms with Crippen molar-refractivity contribution in [1.82, 2.24) is 10.3 Å². The lowest BCUT2D eigenvalue weighted by Crippen LogP contribution is -2.31. The van der Waals surface area contributed by atoms with Crippen LogP contribution < -0.4 is 19.7 Å². The predicted octanol–water partition coefficient (Wildman–Crippen LogP) is 4.18. The molecule has 2 heterocycles. The lowest BCUT2D eigenvalue weighted by Gasteiger charge is -2.29. The van der Waals surface area contributed by atoms with Crippen LogP contribution in [0.4, 0.5) is 14.6 Å². The van der Waals surface area contributed by atoms with Gasteiger partial charge in [0.15, 0.2) is 11.5 Å². The minimum atomic E-state index is -3.01. The molecule has 1 amide bonds. The quantitative estimate of drug-likeness (QED) is 0.598. The normalized spacial score (nSPS) is 12.9. The van der Waals surface area contributed by atoms with E-state index in [1.807, 2.05) is 18.2 Å². The van der Waals surface area contributed by atoms with Gasteiger partial charge in [-0.3, -0.25) is 4.79 Å². The van der Waals surface area contributed by atoms with Gasteiger partial charge in [0.2, 0.25) is 0 Å². The van der Waals surface area contributed by atoms with Gasteiger partial charge < -0.3 is 19.7 Å². The molecule has 1 aliphatic heterocycles. The fraction of sp³-hybridized carbons (Fsp3) is 0.250. The molecule has 0 bridgehead atoms. The van der Waals surface area contributed by atoms with Crippen LogP contribution in [0.3, 0.4) is 0 Å². The molecular formula is C24H23F2N3O3. The van der Waals surface area contributed by atoms with Crippen molar-refractivity contribution >= 4 is 11.7 Å². The zero-order valence-electron chi connectivity index (χ0n) is 17.6. The monoisotopic (exact) mass is 439 g/mol. The molecule has 6 nitrogen and oxygen atoms in total. The second-order valence-electron chi connectivity index (χ2n) is 7.39. The third-order valence-electron chi connectivity index (χ3n) is 5.36. The summed E-state index contributed by atoms with van der Waals surface area (Å²) in [4.78, 5) is 19.2. The number of ether oxygens (including phenoxy) is 2. The number of nitrogens with zero attached hydrogens (tertiary/aromatic N) is 2. The lowest BCUT2D eigenvalue weighted by molar-refractivity contribution is -0.0512. The first-order valence-corrected chi connectivity index (χ1v) is 10.2. The average molecular weight is 439 g/mol. The van der Waals surface area contributed by atoms with Gasteiger partial charge in [-0.2, -0.15) is 8.78 Å². The molecule has 166 valence electrons. The van der Waals surface area contributed by atoms with Crippen LogP contribution in [0.1, 0.15) is 27.0 Å². The minimum absolute atomic E-state index is 0.127. The van der Waals surface area contributed by atoms with E-state index in [1.165, 1.54) is 36.4 Å². The van der Waals surface area contributed by atoms with E-state index in [0.29, 0.717) is 0 Å². The third-order valence-corrected chi connectivity index (χ3v) is 5.36. The van der Waals surface area contributed by atoms with E-state index < -0.39 is 12.5 Å². The van der Waals surface area contributed by atoms with Crippen LogP contribution in [0, 0.1) is 0 Å². The molecule has 1 aliphatic rings. The first-order chi connectivity index (χ1) is 15.5. The molecule has 3 aromatic rings. The Kier molecular flexibility index (Phi) is 6.49. The summed E-state index contributed by atoms with van der Waals surface area (Å²) >= 11 is 0. The van der Waals surface area contributed by atoms with Crippen LogP contribution in [0.15, 0.2) is 60.8 Å². The molecule has 1 aromatic heterocycles. The molecule has 0 saturated heterocycles. The number of benzene rings is 2. The number of halogens is 2. The van der Waals surface area contributed by atoms with E-state index in [-0.39, 0.29) is 23.6 Å². The Morgan fingerprint density at radius 3 is 2.66 bits per heavy atom. The maximum atomic E-state index is 12.6. The van der Waals surface area contributed by atoms with Crippen LogP contribution in [0.5, 0.6) is 11.5 Å². The number of alkyl halides is 2. The fourth-order valence-electron chi connectivity index (χ4n) is 3.69. The first-order valence-electron chi connectivity index (χ1n) is 10.2. The van der Waals surface area contributed by atoms with Crippen molar-refractivity contribution in [2.24, 2.45) is 0 Å². The van der Waals surface area contributed by atoms with Crippen LogP contribution in [-0.4, -0.2) is 31.2 Å². The van der Waals surface area contributed by atoms with Gasteiger partial charge in [-0.1, -0.05) is 30.3 Å². The highest BCUT2D eigenvalue weighted by Crippen LogP contribution is 2.29. The molecule has 4 rings (SSSR count). The zero-order chi connectivity index (χ0) is 22.5. The Hall–Kier alpha value is -3.68. The first kappa shape index (κ1) is 21.5. The van der Waals surface area contributed by atoms with Crippen molar-refractivity contribution in [2.75, 3.05) is 18.6 Å². The Balaban J connectivity index is 1.37. The summed E-state index contributed by atoms with van der Waals surface area (Å²) in [6, 6.07) is 16.4. The molecule has 32 heavy (non-hydrogen) atoms. The van der Waals surface area contributed by atoms with E-state index in [9.17, 15) is 13.6 Å². The number of carbonyl (C=O) groups excluding carboxylic acids is 1. The van der Waals surface area contributed by atoms with Crippen molar-refractivity contribution in [3.63, 3.8) is 0 Å². The summed E-state index contributed by atoms with van der Waals surface area (Å²) in [5.41, 5.74) is 3.71. The van der Waals surface area contributed by atoms with Gasteiger partial charge >= 0.3 is 6.61 Å². The molecule has 2 aromatic carbocycles. The van der Waals surface area contributed by atoms with Crippen LogP contribution in [0.2, 0.25) is 0 Å². The number of fused-ring (bicyclic) bond motifs is 1. The smallest absolute Gasteiger partial charge is 0.387 e. The van der Waals surface area contributed by atoms with Gasteiger partial charge in [0.25, 0.3) is 5.91 Å². The van der Waals surface area contributed by atoms with Gasteiger partial charge in [-0.15, -0.1) is 0 Å². The average Bonchev–Trinajstić information content (AvgIpc) is 2.82. The van der Waals surface area contributed by atoms with E-state index >= 15 is 0 Å². The summed E-state index contributed by atoms with van der Waals surface area (Å²) in [6.45, 7) is -1.04. The number of hydrogen-bond acceptors (Lipinski definition) is 5. The molecule has 0 fully saturated rings. The van der Waals surface area contributed by atoms with Crippen LogP contribution in [0.25, 0.3) is 0 Å². The summed E-state index contributed by atoms with van der Waals surface area (Å²) in [7, 11) is 1.34. The minimum Gasteiger partial charge on any atom is -0.493 e. The molecule has 1 N–H and O–H groups in total. The molecular weight excluding hydrogens is 416 g/mol. The van der Waals surface area contributed by atoms with Crippen molar-refractivity contribution in [3.8, 4) is 11.5 Å². The van der Waals surface area contributed by atoms with Crippen LogP contribution >= 0.6 is 0 Å². The van der Waals surface area contributed by atoms with Gasteiger partial charge in [0.1, 0.15) is 5.82 Å². The maximum Gasteiger partial charge on any atom is 0.387 e. The molecule has 0 aliphatic carbocycles. The Labute approximate surface area is 184 Å². The van der Waals surface area contributed by atoms with E-state index in [1.54, 1.807) is 6.20 Å². The molecule has 0 spiro atoms. The number of hydrogen-bond donors (Lipinski definition) is 1. The number of pyridine rings is 1. The zero-order valence-corrected chi connectivity index (χ0v) is 17.6. The van der Waals surface area contributed by atoms with Crippen molar-refractivity contribution < 1.29 is 23.0 Å². The number of carbonyl (C=O) groups is 1.